The largest absolute Gasteiger partial charge is 0.411 e. The molecule has 0 saturated heterocycles. The van der Waals surface area contributed by atoms with E-state index in [-0.39, 0.29) is 5.91 Å². The van der Waals surface area contributed by atoms with E-state index in [4.69, 9.17) is 16.0 Å². The highest BCUT2D eigenvalue weighted by Gasteiger charge is 2.25. The van der Waals surface area contributed by atoms with Crippen LogP contribution in [0.3, 0.4) is 0 Å². The Kier molecular flexibility index (Phi) is 6.02. The van der Waals surface area contributed by atoms with Crippen molar-refractivity contribution in [3.05, 3.63) is 29.3 Å². The van der Waals surface area contributed by atoms with E-state index in [0.29, 0.717) is 27.9 Å². The number of rotatable bonds is 5. The molecule has 0 bridgehead atoms. The van der Waals surface area contributed by atoms with Gasteiger partial charge >= 0.3 is 0 Å². The summed E-state index contributed by atoms with van der Waals surface area (Å²) in [6.07, 6.45) is 4.57. The third-order valence-electron chi connectivity index (χ3n) is 4.72. The van der Waals surface area contributed by atoms with Crippen LogP contribution >= 0.6 is 23.4 Å². The lowest BCUT2D eigenvalue weighted by Crippen LogP contribution is -2.40. The van der Waals surface area contributed by atoms with Crippen LogP contribution in [0.25, 0.3) is 11.5 Å². The maximum Gasteiger partial charge on any atom is 0.277 e. The molecule has 0 N–H and O–H groups in total. The highest BCUT2D eigenvalue weighted by atomic mass is 35.5. The zero-order chi connectivity index (χ0) is 17.8. The molecule has 1 amide bonds. The van der Waals surface area contributed by atoms with Gasteiger partial charge in [-0.25, -0.2) is 0 Å². The number of thioether (sulfide) groups is 1. The third-order valence-corrected chi connectivity index (χ3v) is 5.76. The molecule has 0 atom stereocenters. The van der Waals surface area contributed by atoms with Crippen LogP contribution in [0.2, 0.25) is 5.02 Å². The predicted octanol–water partition coefficient (Wildman–Crippen LogP) is 4.52. The lowest BCUT2D eigenvalue weighted by molar-refractivity contribution is -0.129. The Morgan fingerprint density at radius 2 is 2.08 bits per heavy atom. The highest BCUT2D eigenvalue weighted by molar-refractivity contribution is 7.99. The second kappa shape index (κ2) is 8.23. The second-order valence-corrected chi connectivity index (χ2v) is 7.95. The molecule has 1 aromatic heterocycles. The summed E-state index contributed by atoms with van der Waals surface area (Å²) in [6.45, 7) is 2.28. The number of benzene rings is 1. The molecular formula is C18H22ClN3O2S. The van der Waals surface area contributed by atoms with Gasteiger partial charge in [0.1, 0.15) is 0 Å². The number of hydrogen-bond acceptors (Lipinski definition) is 5. The van der Waals surface area contributed by atoms with Crippen molar-refractivity contribution in [3.8, 4) is 11.5 Å². The van der Waals surface area contributed by atoms with E-state index in [0.717, 1.165) is 24.3 Å². The number of halogens is 1. The summed E-state index contributed by atoms with van der Waals surface area (Å²) in [7, 11) is 1.90. The lowest BCUT2D eigenvalue weighted by Gasteiger charge is -2.33. The smallest absolute Gasteiger partial charge is 0.277 e. The van der Waals surface area contributed by atoms with Gasteiger partial charge in [-0.05, 0) is 49.8 Å². The fourth-order valence-electron chi connectivity index (χ4n) is 3.06. The molecule has 1 aliphatic carbocycles. The molecule has 0 spiro atoms. The van der Waals surface area contributed by atoms with Gasteiger partial charge in [-0.2, -0.15) is 0 Å². The maximum atomic E-state index is 12.4. The quantitative estimate of drug-likeness (QED) is 0.715. The van der Waals surface area contributed by atoms with Crippen LogP contribution in [0, 0.1) is 5.92 Å². The van der Waals surface area contributed by atoms with E-state index in [9.17, 15) is 4.79 Å². The van der Waals surface area contributed by atoms with Crippen LogP contribution in [0.5, 0.6) is 0 Å². The van der Waals surface area contributed by atoms with Gasteiger partial charge in [-0.15, -0.1) is 10.2 Å². The van der Waals surface area contributed by atoms with Gasteiger partial charge in [0.25, 0.3) is 5.22 Å². The lowest BCUT2D eigenvalue weighted by atomic mass is 9.87. The van der Waals surface area contributed by atoms with E-state index in [2.05, 4.69) is 17.1 Å². The zero-order valence-electron chi connectivity index (χ0n) is 14.4. The van der Waals surface area contributed by atoms with E-state index in [1.807, 2.05) is 24.1 Å². The van der Waals surface area contributed by atoms with Gasteiger partial charge in [0.2, 0.25) is 11.8 Å². The molecule has 7 heteroatoms. The topological polar surface area (TPSA) is 59.2 Å². The molecule has 0 radical (unpaired) electrons. The van der Waals surface area contributed by atoms with Gasteiger partial charge < -0.3 is 9.32 Å². The van der Waals surface area contributed by atoms with E-state index < -0.39 is 0 Å². The monoisotopic (exact) mass is 379 g/mol. The fourth-order valence-corrected chi connectivity index (χ4v) is 3.94. The average Bonchev–Trinajstić information content (AvgIpc) is 3.09. The first kappa shape index (κ1) is 18.3. The first-order chi connectivity index (χ1) is 12.0. The molecule has 3 rings (SSSR count). The Labute approximate surface area is 157 Å². The Morgan fingerprint density at radius 1 is 1.32 bits per heavy atom. The Morgan fingerprint density at radius 3 is 2.80 bits per heavy atom. The SMILES string of the molecule is CC1CCC(N(C)C(=O)CSc2nnc(-c3cccc(Cl)c3)o2)CC1. The minimum absolute atomic E-state index is 0.104. The minimum Gasteiger partial charge on any atom is -0.411 e. The summed E-state index contributed by atoms with van der Waals surface area (Å²) in [5.74, 6) is 1.59. The van der Waals surface area contributed by atoms with Crippen LogP contribution in [-0.4, -0.2) is 39.8 Å². The standard InChI is InChI=1S/C18H22ClN3O2S/c1-12-6-8-15(9-7-12)22(2)16(23)11-25-18-21-20-17(24-18)13-4-3-5-14(19)10-13/h3-5,10,12,15H,6-9,11H2,1-2H3. The molecule has 0 aliphatic heterocycles. The van der Waals surface area contributed by atoms with Crippen LogP contribution in [-0.2, 0) is 4.79 Å². The Balaban J connectivity index is 1.54. The molecule has 25 heavy (non-hydrogen) atoms. The summed E-state index contributed by atoms with van der Waals surface area (Å²) in [5, 5.41) is 9.05. The van der Waals surface area contributed by atoms with Crippen molar-refractivity contribution in [1.82, 2.24) is 15.1 Å². The number of carbonyl (C=O) groups is 1. The first-order valence-corrected chi connectivity index (χ1v) is 9.87. The molecule has 1 fully saturated rings. The first-order valence-electron chi connectivity index (χ1n) is 8.51. The molecule has 1 aromatic carbocycles. The predicted molar refractivity (Wildman–Crippen MR) is 99.7 cm³/mol. The molecule has 2 aromatic rings. The Bertz CT molecular complexity index is 729. The van der Waals surface area contributed by atoms with Crippen LogP contribution in [0.1, 0.15) is 32.6 Å². The molecular weight excluding hydrogens is 358 g/mol. The molecule has 1 aliphatic rings. The summed E-state index contributed by atoms with van der Waals surface area (Å²) in [5.41, 5.74) is 0.770. The third kappa shape index (κ3) is 4.76. The van der Waals surface area contributed by atoms with E-state index in [1.54, 1.807) is 12.1 Å². The average molecular weight is 380 g/mol. The number of aromatic nitrogens is 2. The number of amides is 1. The van der Waals surface area contributed by atoms with E-state index in [1.165, 1.54) is 24.6 Å². The summed E-state index contributed by atoms with van der Waals surface area (Å²) in [4.78, 5) is 14.3. The molecule has 1 heterocycles. The van der Waals surface area contributed by atoms with Gasteiger partial charge in [-0.1, -0.05) is 36.4 Å². The van der Waals surface area contributed by atoms with Gasteiger partial charge in [-0.3, -0.25) is 4.79 Å². The van der Waals surface area contributed by atoms with Crippen LogP contribution in [0.15, 0.2) is 33.9 Å². The summed E-state index contributed by atoms with van der Waals surface area (Å²) in [6, 6.07) is 7.60. The molecule has 1 saturated carbocycles. The van der Waals surface area contributed by atoms with Crippen LogP contribution in [0.4, 0.5) is 0 Å². The van der Waals surface area contributed by atoms with Gasteiger partial charge in [0, 0.05) is 23.7 Å². The number of carbonyl (C=O) groups excluding carboxylic acids is 1. The fraction of sp³-hybridized carbons (Fsp3) is 0.500. The molecule has 0 unspecified atom stereocenters. The van der Waals surface area contributed by atoms with Gasteiger partial charge in [0.15, 0.2) is 0 Å². The highest BCUT2D eigenvalue weighted by Crippen LogP contribution is 2.28. The maximum absolute atomic E-state index is 12.4. The van der Waals surface area contributed by atoms with Crippen molar-refractivity contribution < 1.29 is 9.21 Å². The zero-order valence-corrected chi connectivity index (χ0v) is 16.0. The summed E-state index contributed by atoms with van der Waals surface area (Å²) >= 11 is 7.25. The minimum atomic E-state index is 0.104. The normalized spacial score (nSPS) is 20.4. The Hall–Kier alpha value is -1.53. The van der Waals surface area contributed by atoms with Crippen molar-refractivity contribution in [2.24, 2.45) is 5.92 Å². The van der Waals surface area contributed by atoms with Crippen molar-refractivity contribution in [1.29, 1.82) is 0 Å². The summed E-state index contributed by atoms with van der Waals surface area (Å²) < 4.78 is 5.63. The molecule has 5 nitrogen and oxygen atoms in total. The van der Waals surface area contributed by atoms with Crippen molar-refractivity contribution in [2.45, 2.75) is 43.9 Å². The second-order valence-electron chi connectivity index (χ2n) is 6.59. The van der Waals surface area contributed by atoms with Crippen LogP contribution < -0.4 is 0 Å². The van der Waals surface area contributed by atoms with E-state index >= 15 is 0 Å². The number of hydrogen-bond donors (Lipinski definition) is 0. The molecule has 134 valence electrons. The van der Waals surface area contributed by atoms with Crippen molar-refractivity contribution >= 4 is 29.3 Å². The van der Waals surface area contributed by atoms with Crippen molar-refractivity contribution in [3.63, 3.8) is 0 Å². The van der Waals surface area contributed by atoms with Gasteiger partial charge in [0.05, 0.1) is 5.75 Å². The number of nitrogens with zero attached hydrogens (tertiary/aromatic N) is 3. The van der Waals surface area contributed by atoms with Crippen molar-refractivity contribution in [2.75, 3.05) is 12.8 Å².